The number of hydrogen-bond donors (Lipinski definition) is 2. The number of thiazole rings is 1. The first kappa shape index (κ1) is 9.93. The maximum atomic E-state index is 4.47. The van der Waals surface area contributed by atoms with Crippen LogP contribution in [-0.4, -0.2) is 24.1 Å². The molecule has 2 rings (SSSR count). The van der Waals surface area contributed by atoms with Crippen molar-refractivity contribution in [3.63, 3.8) is 0 Å². The molecule has 2 N–H and O–H groups in total. The molecule has 4 heteroatoms. The Hall–Kier alpha value is -0.610. The minimum Gasteiger partial charge on any atom is -0.360 e. The molecule has 0 radical (unpaired) electrons. The summed E-state index contributed by atoms with van der Waals surface area (Å²) in [6.07, 6.45) is 3.63. The Bertz CT molecular complexity index is 279. The highest BCUT2D eigenvalue weighted by Gasteiger charge is 2.13. The molecular weight excluding hydrogens is 194 g/mol. The van der Waals surface area contributed by atoms with Gasteiger partial charge in [-0.3, -0.25) is 0 Å². The monoisotopic (exact) mass is 211 g/mol. The zero-order valence-corrected chi connectivity index (χ0v) is 9.36. The summed E-state index contributed by atoms with van der Waals surface area (Å²) in [6.45, 7) is 4.32. The highest BCUT2D eigenvalue weighted by atomic mass is 32.1. The Labute approximate surface area is 88.9 Å². The summed E-state index contributed by atoms with van der Waals surface area (Å²) in [6, 6.07) is 0.643. The maximum absolute atomic E-state index is 4.47. The van der Waals surface area contributed by atoms with Gasteiger partial charge in [-0.2, -0.15) is 0 Å². The van der Waals surface area contributed by atoms with Crippen molar-refractivity contribution in [1.82, 2.24) is 10.3 Å². The van der Waals surface area contributed by atoms with E-state index in [2.05, 4.69) is 27.9 Å². The van der Waals surface area contributed by atoms with E-state index in [0.29, 0.717) is 6.04 Å². The van der Waals surface area contributed by atoms with Gasteiger partial charge >= 0.3 is 0 Å². The molecule has 1 saturated heterocycles. The molecule has 0 saturated carbocycles. The molecule has 1 aliphatic heterocycles. The second-order valence-corrected chi connectivity index (χ2v) is 4.53. The fraction of sp³-hybridized carbons (Fsp3) is 0.700. The molecule has 1 fully saturated rings. The Morgan fingerprint density at radius 3 is 3.29 bits per heavy atom. The van der Waals surface area contributed by atoms with Crippen molar-refractivity contribution < 1.29 is 0 Å². The van der Waals surface area contributed by atoms with Crippen LogP contribution in [-0.2, 0) is 6.42 Å². The fourth-order valence-electron chi connectivity index (χ4n) is 1.69. The molecule has 0 amide bonds. The average molecular weight is 211 g/mol. The number of hydrogen-bond acceptors (Lipinski definition) is 4. The Kier molecular flexibility index (Phi) is 3.37. The average Bonchev–Trinajstić information content (AvgIpc) is 2.86. The van der Waals surface area contributed by atoms with Gasteiger partial charge in [-0.05, 0) is 25.8 Å². The third-order valence-corrected chi connectivity index (χ3v) is 3.42. The molecule has 1 aromatic heterocycles. The van der Waals surface area contributed by atoms with Crippen LogP contribution in [0.2, 0.25) is 0 Å². The van der Waals surface area contributed by atoms with Gasteiger partial charge in [0.05, 0.1) is 5.69 Å². The first-order chi connectivity index (χ1) is 6.88. The summed E-state index contributed by atoms with van der Waals surface area (Å²) >= 11 is 1.71. The number of anilines is 1. The first-order valence-corrected chi connectivity index (χ1v) is 6.18. The van der Waals surface area contributed by atoms with Crippen LogP contribution in [0.4, 0.5) is 5.13 Å². The fourth-order valence-corrected chi connectivity index (χ4v) is 2.50. The van der Waals surface area contributed by atoms with Gasteiger partial charge in [-0.15, -0.1) is 11.3 Å². The highest BCUT2D eigenvalue weighted by Crippen LogP contribution is 2.16. The first-order valence-electron chi connectivity index (χ1n) is 5.30. The van der Waals surface area contributed by atoms with Crippen molar-refractivity contribution >= 4 is 16.5 Å². The van der Waals surface area contributed by atoms with Crippen molar-refractivity contribution in [2.75, 3.05) is 18.4 Å². The molecular formula is C10H17N3S. The lowest BCUT2D eigenvalue weighted by molar-refractivity contribution is 0.633. The second kappa shape index (κ2) is 4.75. The van der Waals surface area contributed by atoms with E-state index < -0.39 is 0 Å². The third-order valence-electron chi connectivity index (χ3n) is 2.58. The van der Waals surface area contributed by atoms with Crippen LogP contribution in [0.5, 0.6) is 0 Å². The lowest BCUT2D eigenvalue weighted by atomic mass is 10.2. The number of rotatable bonds is 4. The van der Waals surface area contributed by atoms with E-state index in [9.17, 15) is 0 Å². The van der Waals surface area contributed by atoms with E-state index >= 15 is 0 Å². The molecule has 3 nitrogen and oxygen atoms in total. The Morgan fingerprint density at radius 1 is 1.71 bits per heavy atom. The SMILES string of the molecule is CCc1csc(NCC2CCCN2)n1. The van der Waals surface area contributed by atoms with Crippen LogP contribution >= 0.6 is 11.3 Å². The van der Waals surface area contributed by atoms with Crippen LogP contribution in [0.15, 0.2) is 5.38 Å². The molecule has 1 aromatic rings. The molecule has 1 unspecified atom stereocenters. The lowest BCUT2D eigenvalue weighted by Gasteiger charge is -2.09. The topological polar surface area (TPSA) is 37.0 Å². The second-order valence-electron chi connectivity index (χ2n) is 3.67. The number of nitrogens with one attached hydrogen (secondary N) is 2. The van der Waals surface area contributed by atoms with E-state index in [1.54, 1.807) is 11.3 Å². The van der Waals surface area contributed by atoms with Crippen LogP contribution < -0.4 is 10.6 Å². The van der Waals surface area contributed by atoms with Crippen LogP contribution in [0, 0.1) is 0 Å². The van der Waals surface area contributed by atoms with Gasteiger partial charge in [0, 0.05) is 18.0 Å². The minimum absolute atomic E-state index is 0.643. The molecule has 14 heavy (non-hydrogen) atoms. The normalized spacial score (nSPS) is 21.4. The number of aryl methyl sites for hydroxylation is 1. The summed E-state index contributed by atoms with van der Waals surface area (Å²) in [5.41, 5.74) is 1.19. The predicted molar refractivity (Wildman–Crippen MR) is 61.0 cm³/mol. The Morgan fingerprint density at radius 2 is 2.64 bits per heavy atom. The Balaban J connectivity index is 1.79. The maximum Gasteiger partial charge on any atom is 0.182 e. The lowest BCUT2D eigenvalue weighted by Crippen LogP contribution is -2.29. The van der Waals surface area contributed by atoms with Gasteiger partial charge in [0.1, 0.15) is 0 Å². The van der Waals surface area contributed by atoms with Crippen LogP contribution in [0.3, 0.4) is 0 Å². The van der Waals surface area contributed by atoms with Crippen molar-refractivity contribution in [3.8, 4) is 0 Å². The molecule has 1 atom stereocenters. The van der Waals surface area contributed by atoms with E-state index in [1.807, 2.05) is 0 Å². The highest BCUT2D eigenvalue weighted by molar-refractivity contribution is 7.13. The van der Waals surface area contributed by atoms with Crippen molar-refractivity contribution in [2.45, 2.75) is 32.2 Å². The van der Waals surface area contributed by atoms with Crippen molar-refractivity contribution in [2.24, 2.45) is 0 Å². The van der Waals surface area contributed by atoms with Gasteiger partial charge in [0.2, 0.25) is 0 Å². The molecule has 0 bridgehead atoms. The van der Waals surface area contributed by atoms with E-state index in [-0.39, 0.29) is 0 Å². The summed E-state index contributed by atoms with van der Waals surface area (Å²) in [5, 5.41) is 10.0. The molecule has 78 valence electrons. The third kappa shape index (κ3) is 2.45. The van der Waals surface area contributed by atoms with Gasteiger partial charge in [-0.1, -0.05) is 6.92 Å². The van der Waals surface area contributed by atoms with Crippen molar-refractivity contribution in [1.29, 1.82) is 0 Å². The summed E-state index contributed by atoms with van der Waals surface area (Å²) < 4.78 is 0. The predicted octanol–water partition coefficient (Wildman–Crippen LogP) is 1.87. The molecule has 2 heterocycles. The van der Waals surface area contributed by atoms with Crippen molar-refractivity contribution in [3.05, 3.63) is 11.1 Å². The molecule has 0 aliphatic carbocycles. The standard InChI is InChI=1S/C10H17N3S/c1-2-8-7-14-10(13-8)12-6-9-4-3-5-11-9/h7,9,11H,2-6H2,1H3,(H,12,13). The van der Waals surface area contributed by atoms with Crippen LogP contribution in [0.1, 0.15) is 25.5 Å². The molecule has 0 spiro atoms. The molecule has 0 aromatic carbocycles. The minimum atomic E-state index is 0.643. The quantitative estimate of drug-likeness (QED) is 0.798. The zero-order chi connectivity index (χ0) is 9.80. The smallest absolute Gasteiger partial charge is 0.182 e. The van der Waals surface area contributed by atoms with Gasteiger partial charge in [0.15, 0.2) is 5.13 Å². The summed E-state index contributed by atoms with van der Waals surface area (Å²) in [4.78, 5) is 4.47. The summed E-state index contributed by atoms with van der Waals surface area (Å²) in [5.74, 6) is 0. The van der Waals surface area contributed by atoms with Crippen LogP contribution in [0.25, 0.3) is 0 Å². The van der Waals surface area contributed by atoms with E-state index in [1.165, 1.54) is 25.1 Å². The van der Waals surface area contributed by atoms with E-state index in [4.69, 9.17) is 0 Å². The van der Waals surface area contributed by atoms with Gasteiger partial charge in [0.25, 0.3) is 0 Å². The zero-order valence-electron chi connectivity index (χ0n) is 8.55. The van der Waals surface area contributed by atoms with Gasteiger partial charge < -0.3 is 10.6 Å². The number of nitrogens with zero attached hydrogens (tertiary/aromatic N) is 1. The molecule has 1 aliphatic rings. The summed E-state index contributed by atoms with van der Waals surface area (Å²) in [7, 11) is 0. The van der Waals surface area contributed by atoms with E-state index in [0.717, 1.165) is 18.1 Å². The van der Waals surface area contributed by atoms with Gasteiger partial charge in [-0.25, -0.2) is 4.98 Å². The largest absolute Gasteiger partial charge is 0.360 e. The number of aromatic nitrogens is 1.